The molecule has 0 aliphatic heterocycles. The quantitative estimate of drug-likeness (QED) is 0.739. The van der Waals surface area contributed by atoms with Gasteiger partial charge in [0.05, 0.1) is 10.6 Å². The molecule has 0 unspecified atom stereocenters. The average molecular weight is 330 g/mol. The van der Waals surface area contributed by atoms with Crippen LogP contribution in [0.15, 0.2) is 12.1 Å². The van der Waals surface area contributed by atoms with E-state index in [-0.39, 0.29) is 16.9 Å². The summed E-state index contributed by atoms with van der Waals surface area (Å²) in [7, 11) is -0.0133. The van der Waals surface area contributed by atoms with E-state index in [9.17, 15) is 9.13 Å². The smallest absolute Gasteiger partial charge is 0.192 e. The Bertz CT molecular complexity index is 725. The predicted octanol–water partition coefficient (Wildman–Crippen LogP) is 5.04. The largest absolute Gasteiger partial charge is 0.269 e. The van der Waals surface area contributed by atoms with Gasteiger partial charge in [0.15, 0.2) is 16.9 Å². The van der Waals surface area contributed by atoms with Crippen LogP contribution in [0.5, 0.6) is 0 Å². The summed E-state index contributed by atoms with van der Waals surface area (Å²) in [6, 6.07) is 3.93. The SMILES string of the molecule is Cc1cc(P=O)c(-c2c(P=O)cc(C)c(C)c2C)c(C)c1C. The van der Waals surface area contributed by atoms with Gasteiger partial charge < -0.3 is 0 Å². The van der Waals surface area contributed by atoms with E-state index in [1.165, 1.54) is 11.1 Å². The molecule has 0 fully saturated rings. The lowest BCUT2D eigenvalue weighted by atomic mass is 9.89. The molecule has 0 saturated heterocycles. The summed E-state index contributed by atoms with van der Waals surface area (Å²) in [5, 5.41) is 1.52. The van der Waals surface area contributed by atoms with Crippen LogP contribution in [0.25, 0.3) is 11.1 Å². The maximum atomic E-state index is 11.7. The van der Waals surface area contributed by atoms with Crippen molar-refractivity contribution in [3.63, 3.8) is 0 Å². The molecule has 0 spiro atoms. The lowest BCUT2D eigenvalue weighted by Crippen LogP contribution is -2.13. The second-order valence-corrected chi connectivity index (χ2v) is 7.19. The summed E-state index contributed by atoms with van der Waals surface area (Å²) >= 11 is 0. The lowest BCUT2D eigenvalue weighted by molar-refractivity contribution is 0.602. The zero-order valence-electron chi connectivity index (χ0n) is 13.9. The van der Waals surface area contributed by atoms with Gasteiger partial charge in [-0.2, -0.15) is 0 Å². The minimum atomic E-state index is -0.00665. The number of hydrogen-bond donors (Lipinski definition) is 0. The van der Waals surface area contributed by atoms with Crippen molar-refractivity contribution < 1.29 is 9.13 Å². The number of benzene rings is 2. The molecule has 2 aromatic carbocycles. The lowest BCUT2D eigenvalue weighted by Gasteiger charge is -2.19. The highest BCUT2D eigenvalue weighted by atomic mass is 31.1. The maximum absolute atomic E-state index is 11.7. The molecule has 0 amide bonds. The highest BCUT2D eigenvalue weighted by Crippen LogP contribution is 2.33. The molecule has 2 rings (SSSR count). The first kappa shape index (κ1) is 17.0. The van der Waals surface area contributed by atoms with Crippen LogP contribution in [0.2, 0.25) is 0 Å². The summed E-state index contributed by atoms with van der Waals surface area (Å²) in [6.45, 7) is 12.3. The molecule has 114 valence electrons. The van der Waals surface area contributed by atoms with Crippen molar-refractivity contribution in [1.82, 2.24) is 0 Å². The van der Waals surface area contributed by atoms with E-state index in [0.29, 0.717) is 0 Å². The molecule has 0 saturated carbocycles. The van der Waals surface area contributed by atoms with Crippen molar-refractivity contribution in [3.8, 4) is 11.1 Å². The van der Waals surface area contributed by atoms with E-state index in [4.69, 9.17) is 0 Å². The van der Waals surface area contributed by atoms with Crippen molar-refractivity contribution in [2.24, 2.45) is 0 Å². The van der Waals surface area contributed by atoms with Gasteiger partial charge in [-0.1, -0.05) is 0 Å². The Morgan fingerprint density at radius 1 is 0.591 bits per heavy atom. The van der Waals surface area contributed by atoms with Gasteiger partial charge in [-0.25, -0.2) is 0 Å². The summed E-state index contributed by atoms with van der Waals surface area (Å²) in [5.41, 5.74) is 8.76. The number of rotatable bonds is 3. The van der Waals surface area contributed by atoms with Crippen LogP contribution in [0.3, 0.4) is 0 Å². The van der Waals surface area contributed by atoms with Crippen molar-refractivity contribution in [2.45, 2.75) is 41.5 Å². The molecule has 2 aromatic rings. The normalized spacial score (nSPS) is 11.4. The Morgan fingerprint density at radius 3 is 1.18 bits per heavy atom. The molecule has 0 atom stereocenters. The van der Waals surface area contributed by atoms with E-state index < -0.39 is 0 Å². The molecule has 0 N–H and O–H groups in total. The topological polar surface area (TPSA) is 34.1 Å². The molecule has 0 bridgehead atoms. The van der Waals surface area contributed by atoms with Crippen LogP contribution in [-0.2, 0) is 9.13 Å². The van der Waals surface area contributed by atoms with Gasteiger partial charge in [0.2, 0.25) is 0 Å². The molecule has 0 radical (unpaired) electrons. The Hall–Kier alpha value is -1.36. The summed E-state index contributed by atoms with van der Waals surface area (Å²) in [6.07, 6.45) is 0. The summed E-state index contributed by atoms with van der Waals surface area (Å²) in [4.78, 5) is 0. The van der Waals surface area contributed by atoms with E-state index >= 15 is 0 Å². The van der Waals surface area contributed by atoms with Gasteiger partial charge in [-0.05, 0) is 87.1 Å². The average Bonchev–Trinajstić information content (AvgIpc) is 2.50. The van der Waals surface area contributed by atoms with Gasteiger partial charge in [-0.15, -0.1) is 0 Å². The number of hydrogen-bond acceptors (Lipinski definition) is 2. The van der Waals surface area contributed by atoms with E-state index in [1.54, 1.807) is 0 Å². The Balaban J connectivity index is 3.00. The first-order valence-corrected chi connectivity index (χ1v) is 8.84. The Kier molecular flexibility index (Phi) is 4.95. The van der Waals surface area contributed by atoms with Gasteiger partial charge in [0.1, 0.15) is 0 Å². The van der Waals surface area contributed by atoms with Gasteiger partial charge in [-0.3, -0.25) is 9.13 Å². The van der Waals surface area contributed by atoms with E-state index in [1.807, 2.05) is 39.8 Å². The molecule has 0 aromatic heterocycles. The minimum Gasteiger partial charge on any atom is -0.269 e. The highest BCUT2D eigenvalue weighted by Gasteiger charge is 2.20. The molecular formula is C18H20O2P2. The van der Waals surface area contributed by atoms with Crippen LogP contribution in [-0.4, -0.2) is 0 Å². The predicted molar refractivity (Wildman–Crippen MR) is 94.8 cm³/mol. The monoisotopic (exact) mass is 330 g/mol. The zero-order valence-corrected chi connectivity index (χ0v) is 15.7. The molecular weight excluding hydrogens is 310 g/mol. The fourth-order valence-electron chi connectivity index (χ4n) is 2.90. The van der Waals surface area contributed by atoms with E-state index in [2.05, 4.69) is 13.8 Å². The maximum Gasteiger partial charge on any atom is 0.192 e. The second kappa shape index (κ2) is 6.41. The van der Waals surface area contributed by atoms with Gasteiger partial charge in [0, 0.05) is 11.1 Å². The van der Waals surface area contributed by atoms with E-state index in [0.717, 1.165) is 44.0 Å². The van der Waals surface area contributed by atoms with Crippen LogP contribution < -0.4 is 10.6 Å². The van der Waals surface area contributed by atoms with Crippen LogP contribution >= 0.6 is 16.9 Å². The van der Waals surface area contributed by atoms with Gasteiger partial charge in [0.25, 0.3) is 0 Å². The second-order valence-electron chi connectivity index (χ2n) is 5.86. The number of aryl methyl sites for hydroxylation is 2. The molecule has 22 heavy (non-hydrogen) atoms. The van der Waals surface area contributed by atoms with Crippen molar-refractivity contribution in [2.75, 3.05) is 0 Å². The first-order valence-electron chi connectivity index (χ1n) is 7.22. The van der Waals surface area contributed by atoms with Crippen LogP contribution in [0, 0.1) is 41.5 Å². The zero-order chi connectivity index (χ0) is 16.6. The molecule has 0 aliphatic rings. The van der Waals surface area contributed by atoms with Crippen LogP contribution in [0.1, 0.15) is 33.4 Å². The fraction of sp³-hybridized carbons (Fsp3) is 0.333. The highest BCUT2D eigenvalue weighted by molar-refractivity contribution is 7.35. The molecule has 0 heterocycles. The van der Waals surface area contributed by atoms with Gasteiger partial charge >= 0.3 is 0 Å². The summed E-state index contributed by atoms with van der Waals surface area (Å²) < 4.78 is 23.4. The van der Waals surface area contributed by atoms with Crippen molar-refractivity contribution >= 4 is 27.5 Å². The Morgan fingerprint density at radius 2 is 0.909 bits per heavy atom. The minimum absolute atomic E-state index is 0.00665. The molecule has 4 heteroatoms. The van der Waals surface area contributed by atoms with Crippen molar-refractivity contribution in [1.29, 1.82) is 0 Å². The standard InChI is InChI=1S/C18H20O2P2/c1-9-7-15(21-19)17(13(5)11(9)3)18-14(6)12(4)10(2)8-16(18)22-20/h7-8H,1-6H3. The third-order valence-corrected chi connectivity index (χ3v) is 5.82. The fourth-order valence-corrected chi connectivity index (χ4v) is 4.13. The third kappa shape index (κ3) is 2.67. The Labute approximate surface area is 135 Å². The van der Waals surface area contributed by atoms with Crippen LogP contribution in [0.4, 0.5) is 0 Å². The summed E-state index contributed by atoms with van der Waals surface area (Å²) in [5.74, 6) is 0. The molecule has 0 aliphatic carbocycles. The van der Waals surface area contributed by atoms with Crippen molar-refractivity contribution in [3.05, 3.63) is 45.5 Å². The first-order chi connectivity index (χ1) is 10.3. The molecule has 2 nitrogen and oxygen atoms in total. The third-order valence-electron chi connectivity index (χ3n) is 4.72.